The molecule has 2 atom stereocenters. The zero-order valence-electron chi connectivity index (χ0n) is 9.12. The smallest absolute Gasteiger partial charge is 0.320 e. The number of rotatable bonds is 3. The summed E-state index contributed by atoms with van der Waals surface area (Å²) in [4.78, 5) is 10.8. The molecular formula is C12H13Cl2NO2. The summed E-state index contributed by atoms with van der Waals surface area (Å²) in [6.45, 7) is 0.718. The van der Waals surface area contributed by atoms with Crippen LogP contribution in [-0.2, 0) is 11.2 Å². The van der Waals surface area contributed by atoms with Gasteiger partial charge in [0.25, 0.3) is 0 Å². The van der Waals surface area contributed by atoms with Gasteiger partial charge in [-0.2, -0.15) is 0 Å². The van der Waals surface area contributed by atoms with Crippen molar-refractivity contribution in [3.05, 3.63) is 33.8 Å². The van der Waals surface area contributed by atoms with Gasteiger partial charge in [-0.3, -0.25) is 4.79 Å². The minimum atomic E-state index is -0.783. The van der Waals surface area contributed by atoms with Crippen LogP contribution in [0.2, 0.25) is 10.0 Å². The second-order valence-corrected chi connectivity index (χ2v) is 5.18. The van der Waals surface area contributed by atoms with E-state index < -0.39 is 12.0 Å². The minimum Gasteiger partial charge on any atom is -0.480 e. The summed E-state index contributed by atoms with van der Waals surface area (Å²) in [5.41, 5.74) is 1.02. The normalized spacial score (nSPS) is 23.9. The molecule has 2 rings (SSSR count). The molecule has 1 aliphatic rings. The molecule has 1 heterocycles. The Morgan fingerprint density at radius 2 is 2.24 bits per heavy atom. The van der Waals surface area contributed by atoms with Crippen molar-refractivity contribution < 1.29 is 9.90 Å². The lowest BCUT2D eigenvalue weighted by atomic mass is 9.97. The van der Waals surface area contributed by atoms with Gasteiger partial charge in [-0.1, -0.05) is 29.3 Å². The highest BCUT2D eigenvalue weighted by Gasteiger charge is 2.29. The molecule has 0 spiro atoms. The van der Waals surface area contributed by atoms with Crippen LogP contribution in [0.3, 0.4) is 0 Å². The summed E-state index contributed by atoms with van der Waals surface area (Å²) in [6, 6.07) is 5.00. The van der Waals surface area contributed by atoms with Gasteiger partial charge in [0, 0.05) is 10.0 Å². The third-order valence-electron chi connectivity index (χ3n) is 3.04. The number of halogens is 2. The van der Waals surface area contributed by atoms with E-state index in [0.29, 0.717) is 22.4 Å². The number of carboxylic acids is 1. The van der Waals surface area contributed by atoms with E-state index in [1.54, 1.807) is 12.1 Å². The van der Waals surface area contributed by atoms with Crippen molar-refractivity contribution in [3.8, 4) is 0 Å². The average molecular weight is 274 g/mol. The Kier molecular flexibility index (Phi) is 3.92. The van der Waals surface area contributed by atoms with Gasteiger partial charge in [0.05, 0.1) is 0 Å². The van der Waals surface area contributed by atoms with Gasteiger partial charge in [0.15, 0.2) is 0 Å². The summed E-state index contributed by atoms with van der Waals surface area (Å²) in [5, 5.41) is 13.1. The van der Waals surface area contributed by atoms with Crippen LogP contribution in [0.15, 0.2) is 18.2 Å². The molecule has 0 aliphatic carbocycles. The minimum absolute atomic E-state index is 0.315. The Morgan fingerprint density at radius 3 is 2.82 bits per heavy atom. The lowest BCUT2D eigenvalue weighted by molar-refractivity contribution is -0.139. The van der Waals surface area contributed by atoms with Crippen molar-refractivity contribution >= 4 is 29.2 Å². The Bertz CT molecular complexity index is 437. The zero-order chi connectivity index (χ0) is 12.4. The Hall–Kier alpha value is -0.770. The van der Waals surface area contributed by atoms with Gasteiger partial charge in [-0.05, 0) is 43.0 Å². The molecule has 2 unspecified atom stereocenters. The molecule has 3 nitrogen and oxygen atoms in total. The molecule has 92 valence electrons. The topological polar surface area (TPSA) is 49.3 Å². The van der Waals surface area contributed by atoms with E-state index in [0.717, 1.165) is 18.5 Å². The van der Waals surface area contributed by atoms with Crippen LogP contribution in [0, 0.1) is 5.92 Å². The molecule has 0 saturated carbocycles. The molecular weight excluding hydrogens is 261 g/mol. The fourth-order valence-electron chi connectivity index (χ4n) is 2.15. The molecule has 1 aliphatic heterocycles. The quantitative estimate of drug-likeness (QED) is 0.890. The Morgan fingerprint density at radius 1 is 1.47 bits per heavy atom. The molecule has 0 radical (unpaired) electrons. The van der Waals surface area contributed by atoms with E-state index in [1.165, 1.54) is 0 Å². The second-order valence-electron chi connectivity index (χ2n) is 4.34. The van der Waals surface area contributed by atoms with Gasteiger partial charge in [0.1, 0.15) is 6.04 Å². The molecule has 1 aromatic carbocycles. The molecule has 0 bridgehead atoms. The highest BCUT2D eigenvalue weighted by atomic mass is 35.5. The van der Waals surface area contributed by atoms with Crippen molar-refractivity contribution in [2.75, 3.05) is 6.54 Å². The number of benzene rings is 1. The van der Waals surface area contributed by atoms with Crippen LogP contribution in [-0.4, -0.2) is 23.7 Å². The summed E-state index contributed by atoms with van der Waals surface area (Å²) in [6.07, 6.45) is 1.43. The van der Waals surface area contributed by atoms with Gasteiger partial charge in [-0.15, -0.1) is 0 Å². The molecule has 1 aromatic rings. The van der Waals surface area contributed by atoms with Crippen molar-refractivity contribution in [2.45, 2.75) is 18.9 Å². The average Bonchev–Trinajstić information content (AvgIpc) is 2.71. The van der Waals surface area contributed by atoms with Crippen LogP contribution >= 0.6 is 23.2 Å². The molecule has 17 heavy (non-hydrogen) atoms. The van der Waals surface area contributed by atoms with E-state index in [2.05, 4.69) is 5.32 Å². The fraction of sp³-hybridized carbons (Fsp3) is 0.417. The van der Waals surface area contributed by atoms with Crippen molar-refractivity contribution in [3.63, 3.8) is 0 Å². The summed E-state index contributed by atoms with van der Waals surface area (Å²) < 4.78 is 0. The van der Waals surface area contributed by atoms with Crippen LogP contribution < -0.4 is 5.32 Å². The summed E-state index contributed by atoms with van der Waals surface area (Å²) >= 11 is 11.9. The summed E-state index contributed by atoms with van der Waals surface area (Å²) in [7, 11) is 0. The zero-order valence-corrected chi connectivity index (χ0v) is 10.6. The first kappa shape index (κ1) is 12.7. The van der Waals surface area contributed by atoms with Crippen molar-refractivity contribution in [1.82, 2.24) is 5.32 Å². The number of hydrogen-bond donors (Lipinski definition) is 2. The molecule has 0 amide bonds. The van der Waals surface area contributed by atoms with Crippen LogP contribution in [0.4, 0.5) is 0 Å². The standard InChI is InChI=1S/C12H13Cl2NO2/c13-9-2-1-8(10(14)5-9)3-7-4-11(12(16)17)15-6-7/h1-2,5,7,11,15H,3-4,6H2,(H,16,17). The first-order chi connectivity index (χ1) is 8.06. The van der Waals surface area contributed by atoms with Gasteiger partial charge < -0.3 is 10.4 Å². The van der Waals surface area contributed by atoms with Gasteiger partial charge in [0.2, 0.25) is 0 Å². The Balaban J connectivity index is 2.00. The molecule has 1 fully saturated rings. The molecule has 0 aromatic heterocycles. The number of carbonyl (C=O) groups is 1. The largest absolute Gasteiger partial charge is 0.480 e. The van der Waals surface area contributed by atoms with Gasteiger partial charge in [-0.25, -0.2) is 0 Å². The predicted octanol–water partition coefficient (Wildman–Crippen LogP) is 2.60. The number of hydrogen-bond acceptors (Lipinski definition) is 2. The predicted molar refractivity (Wildman–Crippen MR) is 67.7 cm³/mol. The number of nitrogens with one attached hydrogen (secondary N) is 1. The highest BCUT2D eigenvalue weighted by molar-refractivity contribution is 6.35. The first-order valence-corrected chi connectivity index (χ1v) is 6.22. The molecule has 2 N–H and O–H groups in total. The number of carboxylic acid groups (broad SMARTS) is 1. The summed E-state index contributed by atoms with van der Waals surface area (Å²) in [5.74, 6) is -0.468. The third kappa shape index (κ3) is 3.12. The number of aliphatic carboxylic acids is 1. The van der Waals surface area contributed by atoms with Crippen molar-refractivity contribution in [1.29, 1.82) is 0 Å². The van der Waals surface area contributed by atoms with E-state index in [-0.39, 0.29) is 0 Å². The Labute approximate surface area is 110 Å². The maximum atomic E-state index is 10.8. The SMILES string of the molecule is O=C(O)C1CC(Cc2ccc(Cl)cc2Cl)CN1. The maximum absolute atomic E-state index is 10.8. The fourth-order valence-corrected chi connectivity index (χ4v) is 2.64. The van der Waals surface area contributed by atoms with E-state index in [9.17, 15) is 4.79 Å². The third-order valence-corrected chi connectivity index (χ3v) is 3.63. The second kappa shape index (κ2) is 5.25. The lowest BCUT2D eigenvalue weighted by Crippen LogP contribution is -2.29. The van der Waals surface area contributed by atoms with Crippen LogP contribution in [0.1, 0.15) is 12.0 Å². The van der Waals surface area contributed by atoms with E-state index >= 15 is 0 Å². The van der Waals surface area contributed by atoms with Crippen LogP contribution in [0.25, 0.3) is 0 Å². The maximum Gasteiger partial charge on any atom is 0.320 e. The monoisotopic (exact) mass is 273 g/mol. The van der Waals surface area contributed by atoms with E-state index in [1.807, 2.05) is 6.07 Å². The molecule has 5 heteroatoms. The van der Waals surface area contributed by atoms with Crippen LogP contribution in [0.5, 0.6) is 0 Å². The molecule has 1 saturated heterocycles. The lowest BCUT2D eigenvalue weighted by Gasteiger charge is -2.10. The van der Waals surface area contributed by atoms with Gasteiger partial charge >= 0.3 is 5.97 Å². The van der Waals surface area contributed by atoms with Crippen molar-refractivity contribution in [2.24, 2.45) is 5.92 Å². The van der Waals surface area contributed by atoms with E-state index in [4.69, 9.17) is 28.3 Å². The first-order valence-electron chi connectivity index (χ1n) is 5.46. The highest BCUT2D eigenvalue weighted by Crippen LogP contribution is 2.26.